The van der Waals surface area contributed by atoms with Crippen LogP contribution < -0.4 is 0 Å². The van der Waals surface area contributed by atoms with E-state index in [4.69, 9.17) is 14.2 Å². The maximum atomic E-state index is 17.3. The number of allylic oxidation sites excluding steroid dienone is 4. The van der Waals surface area contributed by atoms with Gasteiger partial charge in [-0.1, -0.05) is 19.9 Å². The molecular weight excluding hydrogens is 494 g/mol. The second kappa shape index (κ2) is 7.94. The number of aliphatic hydroxyl groups is 1. The summed E-state index contributed by atoms with van der Waals surface area (Å²) in [5.41, 5.74) is -6.89. The number of ether oxygens (including phenoxy) is 3. The maximum absolute atomic E-state index is 17.3. The van der Waals surface area contributed by atoms with Crippen LogP contribution in [0.2, 0.25) is 0 Å². The van der Waals surface area contributed by atoms with Crippen molar-refractivity contribution in [2.45, 2.75) is 76.3 Å². The number of esters is 1. The molecular formula is C26H32F2O7S. The summed E-state index contributed by atoms with van der Waals surface area (Å²) in [4.78, 5) is 38.5. The minimum Gasteiger partial charge on any atom is -0.445 e. The summed E-state index contributed by atoms with van der Waals surface area (Å²) in [7, 11) is 0. The average molecular weight is 527 g/mol. The number of fused-ring (bicyclic) bond motifs is 5. The molecule has 4 fully saturated rings. The molecule has 0 amide bonds. The van der Waals surface area contributed by atoms with Crippen molar-refractivity contribution in [3.63, 3.8) is 0 Å². The van der Waals surface area contributed by atoms with Gasteiger partial charge >= 0.3 is 5.97 Å². The average Bonchev–Trinajstić information content (AvgIpc) is 3.33. The van der Waals surface area contributed by atoms with Crippen LogP contribution in [0.3, 0.4) is 0 Å². The third-order valence-corrected chi connectivity index (χ3v) is 10.3. The summed E-state index contributed by atoms with van der Waals surface area (Å²) in [5, 5.41) is 10.7. The Morgan fingerprint density at radius 2 is 1.81 bits per heavy atom. The first-order valence-corrected chi connectivity index (χ1v) is 12.8. The van der Waals surface area contributed by atoms with Gasteiger partial charge in [-0.3, -0.25) is 9.59 Å². The summed E-state index contributed by atoms with van der Waals surface area (Å²) < 4.78 is 49.7. The van der Waals surface area contributed by atoms with Gasteiger partial charge in [0, 0.05) is 29.6 Å². The Labute approximate surface area is 214 Å². The Balaban J connectivity index is 1.60. The number of alkyl halides is 2. The van der Waals surface area contributed by atoms with E-state index in [9.17, 15) is 19.5 Å². The number of hydrogen-bond donors (Lipinski definition) is 2. The molecule has 3 saturated carbocycles. The Kier molecular flexibility index (Phi) is 5.74. The normalized spacial score (nSPS) is 49.1. The monoisotopic (exact) mass is 526 g/mol. The number of aliphatic hydroxyl groups excluding tert-OH is 1. The van der Waals surface area contributed by atoms with E-state index < -0.39 is 74.8 Å². The lowest BCUT2D eigenvalue weighted by molar-refractivity contribution is -0.245. The Morgan fingerprint density at radius 3 is 2.42 bits per heavy atom. The molecule has 1 aliphatic heterocycles. The van der Waals surface area contributed by atoms with E-state index in [0.717, 1.165) is 6.08 Å². The van der Waals surface area contributed by atoms with Gasteiger partial charge in [-0.25, -0.2) is 13.6 Å². The number of hydrogen-bond acceptors (Lipinski definition) is 7. The summed E-state index contributed by atoms with van der Waals surface area (Å²) in [6.45, 7) is 6.67. The van der Waals surface area contributed by atoms with Gasteiger partial charge in [-0.2, -0.15) is 0 Å². The topological polar surface area (TPSA) is 99.1 Å². The number of halogens is 2. The number of rotatable bonds is 3. The fourth-order valence-corrected chi connectivity index (χ4v) is 8.63. The molecule has 0 spiro atoms. The highest BCUT2D eigenvalue weighted by Crippen LogP contribution is 2.71. The SMILES string of the molecule is CC1C[C@H]2[C@@H]3C[C@H](F)C4=CC(=O)C=C[C@]4(C)C3(F)[C@@H](O)C[C@]2(C)[C@@]1(OC(=O)C1(C)OCCO1)C(=O)S. The molecule has 5 aliphatic rings. The molecule has 1 heterocycles. The molecule has 7 nitrogen and oxygen atoms in total. The molecule has 36 heavy (non-hydrogen) atoms. The lowest BCUT2D eigenvalue weighted by Crippen LogP contribution is -2.71. The predicted octanol–water partition coefficient (Wildman–Crippen LogP) is 3.05. The molecule has 198 valence electrons. The van der Waals surface area contributed by atoms with Gasteiger partial charge in [-0.15, -0.1) is 12.6 Å². The van der Waals surface area contributed by atoms with Crippen LogP contribution >= 0.6 is 12.6 Å². The first-order valence-electron chi connectivity index (χ1n) is 12.4. The van der Waals surface area contributed by atoms with Crippen LogP contribution in [0.5, 0.6) is 0 Å². The quantitative estimate of drug-likeness (QED) is 0.431. The fourth-order valence-electron chi connectivity index (χ4n) is 8.11. The fraction of sp³-hybridized carbons (Fsp3) is 0.731. The largest absolute Gasteiger partial charge is 0.445 e. The Morgan fingerprint density at radius 1 is 1.17 bits per heavy atom. The lowest BCUT2D eigenvalue weighted by atomic mass is 9.44. The molecule has 1 saturated heterocycles. The summed E-state index contributed by atoms with van der Waals surface area (Å²) in [5.74, 6) is -5.26. The molecule has 1 N–H and O–H groups in total. The maximum Gasteiger partial charge on any atom is 0.367 e. The van der Waals surface area contributed by atoms with Crippen molar-refractivity contribution < 1.29 is 42.5 Å². The second-order valence-electron chi connectivity index (χ2n) is 11.6. The second-order valence-corrected chi connectivity index (χ2v) is 12.0. The highest BCUT2D eigenvalue weighted by atomic mass is 32.1. The zero-order valence-electron chi connectivity index (χ0n) is 20.8. The van der Waals surface area contributed by atoms with E-state index in [0.29, 0.717) is 0 Å². The van der Waals surface area contributed by atoms with Crippen LogP contribution in [0.4, 0.5) is 8.78 Å². The van der Waals surface area contributed by atoms with Crippen LogP contribution in [0.1, 0.15) is 47.0 Å². The van der Waals surface area contributed by atoms with Crippen molar-refractivity contribution in [2.24, 2.45) is 28.6 Å². The number of ketones is 1. The van der Waals surface area contributed by atoms with Gasteiger partial charge in [0.05, 0.1) is 19.3 Å². The van der Waals surface area contributed by atoms with E-state index in [1.54, 1.807) is 13.8 Å². The molecule has 9 atom stereocenters. The smallest absolute Gasteiger partial charge is 0.367 e. The van der Waals surface area contributed by atoms with E-state index in [2.05, 4.69) is 12.6 Å². The first kappa shape index (κ1) is 26.0. The molecule has 0 aromatic carbocycles. The molecule has 4 aliphatic carbocycles. The van der Waals surface area contributed by atoms with Crippen LogP contribution in [0.15, 0.2) is 23.8 Å². The van der Waals surface area contributed by atoms with Crippen molar-refractivity contribution in [2.75, 3.05) is 13.2 Å². The van der Waals surface area contributed by atoms with E-state index in [1.165, 1.54) is 26.0 Å². The molecule has 0 aromatic rings. The predicted molar refractivity (Wildman–Crippen MR) is 126 cm³/mol. The summed E-state index contributed by atoms with van der Waals surface area (Å²) in [6.07, 6.45) is 0.225. The zero-order valence-corrected chi connectivity index (χ0v) is 21.6. The summed E-state index contributed by atoms with van der Waals surface area (Å²) >= 11 is 4.14. The van der Waals surface area contributed by atoms with E-state index >= 15 is 8.78 Å². The Bertz CT molecular complexity index is 1090. The van der Waals surface area contributed by atoms with Gasteiger partial charge in [0.15, 0.2) is 17.1 Å². The third kappa shape index (κ3) is 2.98. The minimum absolute atomic E-state index is 0.0221. The van der Waals surface area contributed by atoms with Gasteiger partial charge in [0.1, 0.15) is 6.17 Å². The Hall–Kier alpha value is -1.62. The number of carbonyl (C=O) groups excluding carboxylic acids is 3. The number of thiol groups is 1. The van der Waals surface area contributed by atoms with Crippen molar-refractivity contribution >= 4 is 29.5 Å². The highest BCUT2D eigenvalue weighted by molar-refractivity contribution is 7.96. The van der Waals surface area contributed by atoms with Gasteiger partial charge < -0.3 is 19.3 Å². The lowest BCUT2D eigenvalue weighted by Gasteiger charge is -2.63. The molecule has 10 heteroatoms. The number of carbonyl (C=O) groups is 3. The van der Waals surface area contributed by atoms with Crippen LogP contribution in [0.25, 0.3) is 0 Å². The molecule has 0 bridgehead atoms. The zero-order chi connectivity index (χ0) is 26.5. The van der Waals surface area contributed by atoms with Crippen LogP contribution in [-0.2, 0) is 28.6 Å². The van der Waals surface area contributed by atoms with Crippen molar-refractivity contribution in [3.05, 3.63) is 23.8 Å². The van der Waals surface area contributed by atoms with Crippen molar-refractivity contribution in [1.29, 1.82) is 0 Å². The first-order chi connectivity index (χ1) is 16.7. The van der Waals surface area contributed by atoms with E-state index in [-0.39, 0.29) is 38.0 Å². The van der Waals surface area contributed by atoms with E-state index in [1.807, 2.05) is 0 Å². The van der Waals surface area contributed by atoms with Gasteiger partial charge in [-0.05, 0) is 49.8 Å². The molecule has 2 unspecified atom stereocenters. The van der Waals surface area contributed by atoms with Gasteiger partial charge in [0.2, 0.25) is 5.12 Å². The molecule has 0 aromatic heterocycles. The highest BCUT2D eigenvalue weighted by Gasteiger charge is 2.78. The van der Waals surface area contributed by atoms with Gasteiger partial charge in [0.25, 0.3) is 5.79 Å². The molecule has 5 rings (SSSR count). The van der Waals surface area contributed by atoms with Crippen LogP contribution in [-0.4, -0.2) is 64.5 Å². The van der Waals surface area contributed by atoms with Crippen molar-refractivity contribution in [1.82, 2.24) is 0 Å². The van der Waals surface area contributed by atoms with Crippen molar-refractivity contribution in [3.8, 4) is 0 Å². The molecule has 0 radical (unpaired) electrons. The van der Waals surface area contributed by atoms with Crippen LogP contribution in [0, 0.1) is 28.6 Å². The minimum atomic E-state index is -2.30. The summed E-state index contributed by atoms with van der Waals surface area (Å²) in [6, 6.07) is 0. The standard InChI is InChI=1S/C26H32F2O7S/c1-13-9-15-16-11-18(27)17-10-14(29)5-6-22(17,2)25(16,28)19(30)12-23(15,3)26(13,21(32)36)35-20(31)24(4)33-7-8-34-24/h5-6,10,13,15-16,18-19,30H,7-9,11-12H2,1-4H3,(H,32,36)/t13?,15-,16-,18-,19-,22-,23-,25?,26-/m0/s1. The third-order valence-electron chi connectivity index (χ3n) is 9.95.